The topological polar surface area (TPSA) is 46.2 Å². The van der Waals surface area contributed by atoms with Gasteiger partial charge in [0.25, 0.3) is 0 Å². The molecular formula is C24H17Cl4F6NO2. The smallest absolute Gasteiger partial charge is 0.346 e. The number of Topliss-reactive ketones (excluding diaryl/α,β-unsaturated/α-hetero) is 1. The molecule has 0 heterocycles. The Hall–Kier alpha value is -1.94. The molecule has 200 valence electrons. The molecule has 3 rings (SSSR count). The first-order valence-electron chi connectivity index (χ1n) is 10.6. The predicted octanol–water partition coefficient (Wildman–Crippen LogP) is 8.69. The summed E-state index contributed by atoms with van der Waals surface area (Å²) in [7, 11) is 0. The lowest BCUT2D eigenvalue weighted by molar-refractivity contribution is -0.141. The van der Waals surface area contributed by atoms with Crippen LogP contribution in [0.15, 0.2) is 36.4 Å². The third kappa shape index (κ3) is 7.56. The summed E-state index contributed by atoms with van der Waals surface area (Å²) in [5.41, 5.74) is -1.23. The molecule has 0 aliphatic heterocycles. The van der Waals surface area contributed by atoms with Crippen molar-refractivity contribution in [2.24, 2.45) is 5.41 Å². The number of hydrogen-bond acceptors (Lipinski definition) is 2. The van der Waals surface area contributed by atoms with Crippen LogP contribution in [0.2, 0.25) is 20.1 Å². The van der Waals surface area contributed by atoms with Gasteiger partial charge in [-0.05, 0) is 48.2 Å². The monoisotopic (exact) mass is 605 g/mol. The van der Waals surface area contributed by atoms with E-state index in [0.717, 1.165) is 24.3 Å². The van der Waals surface area contributed by atoms with Crippen LogP contribution < -0.4 is 5.32 Å². The first-order chi connectivity index (χ1) is 17.0. The van der Waals surface area contributed by atoms with Gasteiger partial charge in [-0.15, -0.1) is 0 Å². The van der Waals surface area contributed by atoms with Gasteiger partial charge in [-0.2, -0.15) is 26.3 Å². The molecule has 37 heavy (non-hydrogen) atoms. The van der Waals surface area contributed by atoms with Crippen LogP contribution in [0.25, 0.3) is 6.08 Å². The number of alkyl halides is 6. The van der Waals surface area contributed by atoms with E-state index in [1.807, 2.05) is 0 Å². The van der Waals surface area contributed by atoms with E-state index in [-0.39, 0.29) is 56.0 Å². The highest BCUT2D eigenvalue weighted by atomic mass is 35.5. The third-order valence-corrected chi connectivity index (χ3v) is 7.29. The Morgan fingerprint density at radius 1 is 0.946 bits per heavy atom. The summed E-state index contributed by atoms with van der Waals surface area (Å²) in [5, 5.41) is 1.36. The fourth-order valence-corrected chi connectivity index (χ4v) is 4.55. The van der Waals surface area contributed by atoms with Crippen molar-refractivity contribution in [1.82, 2.24) is 5.32 Å². The second kappa shape index (κ2) is 11.0. The van der Waals surface area contributed by atoms with Crippen LogP contribution in [-0.4, -0.2) is 30.6 Å². The van der Waals surface area contributed by atoms with E-state index in [1.165, 1.54) is 18.2 Å². The Balaban J connectivity index is 1.76. The van der Waals surface area contributed by atoms with Crippen LogP contribution in [0, 0.1) is 5.41 Å². The van der Waals surface area contributed by atoms with Gasteiger partial charge in [0.05, 0.1) is 31.4 Å². The zero-order chi connectivity index (χ0) is 27.8. The number of carbonyl (C=O) groups is 2. The van der Waals surface area contributed by atoms with E-state index in [2.05, 4.69) is 0 Å². The van der Waals surface area contributed by atoms with Crippen LogP contribution in [0.1, 0.15) is 46.7 Å². The van der Waals surface area contributed by atoms with E-state index >= 15 is 0 Å². The molecule has 1 amide bonds. The van der Waals surface area contributed by atoms with Crippen molar-refractivity contribution in [3.8, 4) is 0 Å². The maximum atomic E-state index is 13.7. The molecular weight excluding hydrogens is 590 g/mol. The minimum atomic E-state index is -4.69. The molecule has 3 nitrogen and oxygen atoms in total. The van der Waals surface area contributed by atoms with Crippen LogP contribution in [-0.2, 0) is 4.79 Å². The molecule has 0 spiro atoms. The van der Waals surface area contributed by atoms with Crippen LogP contribution in [0.5, 0.6) is 0 Å². The second-order valence-corrected chi connectivity index (χ2v) is 10.2. The number of ketones is 1. The first kappa shape index (κ1) is 29.6. The number of carbonyl (C=O) groups excluding carboxylic acids is 2. The molecule has 1 atom stereocenters. The number of rotatable bonds is 8. The molecule has 0 aromatic heterocycles. The van der Waals surface area contributed by atoms with Gasteiger partial charge in [-0.3, -0.25) is 9.59 Å². The van der Waals surface area contributed by atoms with Crippen LogP contribution in [0.4, 0.5) is 26.3 Å². The van der Waals surface area contributed by atoms with E-state index in [1.54, 1.807) is 5.32 Å². The summed E-state index contributed by atoms with van der Waals surface area (Å²) in [6, 6.07) is 6.03. The maximum absolute atomic E-state index is 13.7. The lowest BCUT2D eigenvalue weighted by atomic mass is 9.93. The Labute approximate surface area is 227 Å². The minimum absolute atomic E-state index is 0.00245. The Morgan fingerprint density at radius 2 is 1.54 bits per heavy atom. The molecule has 2 aromatic rings. The van der Waals surface area contributed by atoms with Crippen molar-refractivity contribution in [3.63, 3.8) is 0 Å². The molecule has 0 saturated heterocycles. The zero-order valence-electron chi connectivity index (χ0n) is 18.5. The molecule has 0 radical (unpaired) electrons. The molecule has 1 fully saturated rings. The van der Waals surface area contributed by atoms with Crippen molar-refractivity contribution in [2.45, 2.75) is 37.5 Å². The normalized spacial score (nSPS) is 16.1. The number of benzene rings is 2. The Bertz CT molecular complexity index is 1220. The number of allylic oxidation sites excluding steroid dienone is 1. The van der Waals surface area contributed by atoms with Crippen LogP contribution >= 0.6 is 46.4 Å². The second-order valence-electron chi connectivity index (χ2n) is 8.59. The summed E-state index contributed by atoms with van der Waals surface area (Å²) in [5.74, 6) is -3.52. The van der Waals surface area contributed by atoms with E-state index in [4.69, 9.17) is 46.4 Å². The van der Waals surface area contributed by atoms with E-state index < -0.39 is 41.9 Å². The Kier molecular flexibility index (Phi) is 8.84. The predicted molar refractivity (Wildman–Crippen MR) is 130 cm³/mol. The van der Waals surface area contributed by atoms with Gasteiger partial charge in [0.15, 0.2) is 5.78 Å². The zero-order valence-corrected chi connectivity index (χ0v) is 21.6. The molecule has 13 heteroatoms. The van der Waals surface area contributed by atoms with Gasteiger partial charge in [0.1, 0.15) is 6.54 Å². The lowest BCUT2D eigenvalue weighted by Gasteiger charge is -2.18. The van der Waals surface area contributed by atoms with Gasteiger partial charge in [-0.25, -0.2) is 0 Å². The molecule has 0 unspecified atom stereocenters. The van der Waals surface area contributed by atoms with E-state index in [9.17, 15) is 35.9 Å². The number of hydrogen-bond donors (Lipinski definition) is 1. The lowest BCUT2D eigenvalue weighted by Crippen LogP contribution is -2.39. The van der Waals surface area contributed by atoms with E-state index in [0.29, 0.717) is 0 Å². The van der Waals surface area contributed by atoms with Crippen molar-refractivity contribution in [2.75, 3.05) is 6.54 Å². The van der Waals surface area contributed by atoms with Gasteiger partial charge in [0, 0.05) is 12.0 Å². The number of nitrogens with one attached hydrogen (secondary N) is 1. The third-order valence-electron chi connectivity index (χ3n) is 5.78. The van der Waals surface area contributed by atoms with Crippen molar-refractivity contribution in [3.05, 3.63) is 73.2 Å². The summed E-state index contributed by atoms with van der Waals surface area (Å²) in [4.78, 5) is 24.9. The summed E-state index contributed by atoms with van der Waals surface area (Å²) in [6.45, 7) is -1.50. The minimum Gasteiger partial charge on any atom is -0.346 e. The molecule has 1 aliphatic rings. The fraction of sp³-hybridized carbons (Fsp3) is 0.333. The first-order valence-corrected chi connectivity index (χ1v) is 12.1. The average molecular weight is 607 g/mol. The highest BCUT2D eigenvalue weighted by Crippen LogP contribution is 2.50. The maximum Gasteiger partial charge on any atom is 0.405 e. The fourth-order valence-electron chi connectivity index (χ4n) is 3.64. The largest absolute Gasteiger partial charge is 0.405 e. The van der Waals surface area contributed by atoms with Crippen molar-refractivity contribution >= 4 is 64.2 Å². The Morgan fingerprint density at radius 3 is 2.03 bits per heavy atom. The quantitative estimate of drug-likeness (QED) is 0.186. The molecule has 1 aliphatic carbocycles. The highest BCUT2D eigenvalue weighted by Gasteiger charge is 2.51. The standard InChI is InChI=1S/C24H17Cl4F6NO2/c25-16-7-12(2-4-15(24(32,33)34)13-8-17(26)20(28)18(27)9-13)1-3-14(16)19(36)10-22(5-6-22)21(37)35-11-23(29,30)31/h1-4,7-9,15H,5-6,10-11H2,(H,35,37)/b4-2+/t15-/m1/s1. The van der Waals surface area contributed by atoms with Crippen molar-refractivity contribution < 1.29 is 35.9 Å². The molecule has 2 aromatic carbocycles. The van der Waals surface area contributed by atoms with Gasteiger partial charge >= 0.3 is 12.4 Å². The van der Waals surface area contributed by atoms with Gasteiger partial charge in [-0.1, -0.05) is 64.6 Å². The average Bonchev–Trinajstić information content (AvgIpc) is 3.55. The highest BCUT2D eigenvalue weighted by molar-refractivity contribution is 6.48. The molecule has 0 bridgehead atoms. The summed E-state index contributed by atoms with van der Waals surface area (Å²) in [6.07, 6.45) is -7.10. The summed E-state index contributed by atoms with van der Waals surface area (Å²) < 4.78 is 78.4. The number of amides is 1. The molecule has 1 N–H and O–H groups in total. The van der Waals surface area contributed by atoms with Gasteiger partial charge < -0.3 is 5.32 Å². The molecule has 1 saturated carbocycles. The van der Waals surface area contributed by atoms with Gasteiger partial charge in [0.2, 0.25) is 5.91 Å². The SMILES string of the molecule is O=C(CC1(C(=O)NCC(F)(F)F)CC1)c1ccc(/C=C/[C@H](c2cc(Cl)c(Cl)c(Cl)c2)C(F)(F)F)cc1Cl. The van der Waals surface area contributed by atoms with Crippen LogP contribution in [0.3, 0.4) is 0 Å². The summed E-state index contributed by atoms with van der Waals surface area (Å²) >= 11 is 23.7. The number of halogens is 10. The van der Waals surface area contributed by atoms with Crippen molar-refractivity contribution in [1.29, 1.82) is 0 Å².